The van der Waals surface area contributed by atoms with Gasteiger partial charge in [-0.1, -0.05) is 58.2 Å². The van der Waals surface area contributed by atoms with Crippen molar-refractivity contribution in [3.63, 3.8) is 0 Å². The third-order valence-corrected chi connectivity index (χ3v) is 9.59. The fourth-order valence-electron chi connectivity index (χ4n) is 6.26. The SMILES string of the molecule is CNCC(=O)N[C@H](C(=O)N[C@@H](CSc1ccccc1)[C@H](O)CN1C[C@H]2CCCC[C@H]2C[C@H]1C(=O)NC(C)(C)C)C(C)(C)C. The third kappa shape index (κ3) is 11.1. The van der Waals surface area contributed by atoms with E-state index in [2.05, 4.69) is 26.2 Å². The zero-order valence-corrected chi connectivity index (χ0v) is 28.1. The molecular formula is C33H55N5O4S. The Kier molecular flexibility index (Phi) is 12.9. The number of β-amino-alcohol motifs (C(OH)–C–C–N with tert-alkyl or cyclic N) is 1. The van der Waals surface area contributed by atoms with Gasteiger partial charge in [0.15, 0.2) is 0 Å². The monoisotopic (exact) mass is 617 g/mol. The van der Waals surface area contributed by atoms with Crippen LogP contribution in [0.15, 0.2) is 35.2 Å². The van der Waals surface area contributed by atoms with Crippen LogP contribution in [0.1, 0.15) is 73.6 Å². The molecule has 6 atom stereocenters. The number of hydrogen-bond donors (Lipinski definition) is 5. The number of thioether (sulfide) groups is 1. The molecule has 1 saturated carbocycles. The summed E-state index contributed by atoms with van der Waals surface area (Å²) in [4.78, 5) is 42.9. The second-order valence-corrected chi connectivity index (χ2v) is 15.5. The summed E-state index contributed by atoms with van der Waals surface area (Å²) in [6.07, 6.45) is 4.59. The Morgan fingerprint density at radius 3 is 2.26 bits per heavy atom. The summed E-state index contributed by atoms with van der Waals surface area (Å²) < 4.78 is 0. The van der Waals surface area contributed by atoms with E-state index in [9.17, 15) is 19.5 Å². The smallest absolute Gasteiger partial charge is 0.243 e. The van der Waals surface area contributed by atoms with Crippen molar-refractivity contribution >= 4 is 29.5 Å². The number of piperidine rings is 1. The van der Waals surface area contributed by atoms with Gasteiger partial charge in [0, 0.05) is 29.3 Å². The van der Waals surface area contributed by atoms with Gasteiger partial charge in [0.05, 0.1) is 24.7 Å². The molecule has 2 aliphatic rings. The van der Waals surface area contributed by atoms with Crippen LogP contribution in [0, 0.1) is 17.3 Å². The van der Waals surface area contributed by atoms with Crippen LogP contribution in [0.3, 0.4) is 0 Å². The van der Waals surface area contributed by atoms with Gasteiger partial charge in [-0.25, -0.2) is 0 Å². The largest absolute Gasteiger partial charge is 0.390 e. The molecular weight excluding hydrogens is 562 g/mol. The van der Waals surface area contributed by atoms with E-state index < -0.39 is 23.6 Å². The van der Waals surface area contributed by atoms with Crippen molar-refractivity contribution < 1.29 is 19.5 Å². The molecule has 0 radical (unpaired) electrons. The molecule has 0 unspecified atom stereocenters. The predicted octanol–water partition coefficient (Wildman–Crippen LogP) is 3.17. The molecule has 3 rings (SSSR count). The Morgan fingerprint density at radius 2 is 1.65 bits per heavy atom. The van der Waals surface area contributed by atoms with E-state index in [1.54, 1.807) is 18.8 Å². The molecule has 1 aliphatic carbocycles. The molecule has 3 amide bonds. The number of carbonyl (C=O) groups excluding carboxylic acids is 3. The van der Waals surface area contributed by atoms with Gasteiger partial charge in [-0.15, -0.1) is 11.8 Å². The average molecular weight is 618 g/mol. The molecule has 5 N–H and O–H groups in total. The van der Waals surface area contributed by atoms with Crippen LogP contribution in [-0.2, 0) is 14.4 Å². The maximum absolute atomic E-state index is 13.7. The van der Waals surface area contributed by atoms with E-state index in [0.717, 1.165) is 30.7 Å². The number of rotatable bonds is 12. The molecule has 242 valence electrons. The second kappa shape index (κ2) is 15.7. The van der Waals surface area contributed by atoms with Gasteiger partial charge in [-0.05, 0) is 70.0 Å². The molecule has 1 saturated heterocycles. The van der Waals surface area contributed by atoms with E-state index in [-0.39, 0.29) is 42.4 Å². The van der Waals surface area contributed by atoms with Crippen molar-refractivity contribution in [3.05, 3.63) is 30.3 Å². The summed E-state index contributed by atoms with van der Waals surface area (Å²) in [5.41, 5.74) is -0.901. The highest BCUT2D eigenvalue weighted by molar-refractivity contribution is 7.99. The zero-order chi connectivity index (χ0) is 31.8. The van der Waals surface area contributed by atoms with Crippen LogP contribution in [-0.4, -0.2) is 89.9 Å². The van der Waals surface area contributed by atoms with Crippen molar-refractivity contribution in [2.24, 2.45) is 17.3 Å². The van der Waals surface area contributed by atoms with Gasteiger partial charge in [0.1, 0.15) is 6.04 Å². The van der Waals surface area contributed by atoms with Crippen molar-refractivity contribution in [2.75, 3.05) is 32.4 Å². The number of fused-ring (bicyclic) bond motifs is 1. The number of nitrogens with zero attached hydrogens (tertiary/aromatic N) is 1. The first kappa shape index (κ1) is 35.3. The lowest BCUT2D eigenvalue weighted by Crippen LogP contribution is -2.62. The normalized spacial score (nSPS) is 23.4. The average Bonchev–Trinajstić information content (AvgIpc) is 2.92. The lowest BCUT2D eigenvalue weighted by atomic mass is 9.72. The fourth-order valence-corrected chi connectivity index (χ4v) is 7.29. The number of aliphatic hydroxyl groups is 1. The van der Waals surface area contributed by atoms with E-state index in [1.165, 1.54) is 12.8 Å². The number of aliphatic hydroxyl groups excluding tert-OH is 1. The van der Waals surface area contributed by atoms with Crippen LogP contribution in [0.4, 0.5) is 0 Å². The first-order chi connectivity index (χ1) is 20.2. The van der Waals surface area contributed by atoms with E-state index in [4.69, 9.17) is 0 Å². The molecule has 0 bridgehead atoms. The highest BCUT2D eigenvalue weighted by atomic mass is 32.2. The second-order valence-electron chi connectivity index (χ2n) is 14.5. The van der Waals surface area contributed by atoms with E-state index >= 15 is 0 Å². The first-order valence-electron chi connectivity index (χ1n) is 15.8. The van der Waals surface area contributed by atoms with Gasteiger partial charge >= 0.3 is 0 Å². The minimum absolute atomic E-state index is 0.00279. The highest BCUT2D eigenvalue weighted by Crippen LogP contribution is 2.39. The van der Waals surface area contributed by atoms with Crippen LogP contribution in [0.2, 0.25) is 0 Å². The lowest BCUT2D eigenvalue weighted by molar-refractivity contribution is -0.134. The molecule has 9 nitrogen and oxygen atoms in total. The van der Waals surface area contributed by atoms with Crippen LogP contribution in [0.5, 0.6) is 0 Å². The highest BCUT2D eigenvalue weighted by Gasteiger charge is 2.42. The minimum Gasteiger partial charge on any atom is -0.390 e. The standard InChI is InChI=1S/C33H55N5O4S/c1-32(2,3)29(36-28(40)18-34-7)31(42)35-25(21-43-24-15-9-8-10-16-24)27(39)20-38-19-23-14-12-11-13-22(23)17-26(38)30(41)37-33(4,5)6/h8-10,15-16,22-23,25-27,29,34,39H,11-14,17-21H2,1-7H3,(H,35,42)(H,36,40)(H,37,41)/t22-,23+,25-,26-,27+,29+/m0/s1. The maximum atomic E-state index is 13.7. The van der Waals surface area contributed by atoms with Crippen LogP contribution in [0.25, 0.3) is 0 Å². The number of nitrogens with one attached hydrogen (secondary N) is 4. The summed E-state index contributed by atoms with van der Waals surface area (Å²) in [6, 6.07) is 8.19. The molecule has 1 aromatic carbocycles. The maximum Gasteiger partial charge on any atom is 0.243 e. The van der Waals surface area contributed by atoms with Gasteiger partial charge in [0.25, 0.3) is 0 Å². The summed E-state index contributed by atoms with van der Waals surface area (Å²) in [5, 5.41) is 23.7. The molecule has 0 spiro atoms. The molecule has 10 heteroatoms. The van der Waals surface area contributed by atoms with Crippen molar-refractivity contribution in [1.29, 1.82) is 0 Å². The quantitative estimate of drug-likeness (QED) is 0.229. The third-order valence-electron chi connectivity index (χ3n) is 8.46. The topological polar surface area (TPSA) is 123 Å². The van der Waals surface area contributed by atoms with Gasteiger partial charge in [0.2, 0.25) is 17.7 Å². The Hall–Kier alpha value is -2.14. The lowest BCUT2D eigenvalue weighted by Gasteiger charge is -2.47. The molecule has 2 fully saturated rings. The molecule has 1 heterocycles. The van der Waals surface area contributed by atoms with Crippen LogP contribution >= 0.6 is 11.8 Å². The summed E-state index contributed by atoms with van der Waals surface area (Å²) in [6.45, 7) is 12.8. The Bertz CT molecular complexity index is 1060. The predicted molar refractivity (Wildman–Crippen MR) is 174 cm³/mol. The number of likely N-dealkylation sites (tertiary alicyclic amines) is 1. The molecule has 43 heavy (non-hydrogen) atoms. The Labute approximate surface area is 263 Å². The van der Waals surface area contributed by atoms with Gasteiger partial charge < -0.3 is 26.4 Å². The first-order valence-corrected chi connectivity index (χ1v) is 16.8. The van der Waals surface area contributed by atoms with Crippen LogP contribution < -0.4 is 21.3 Å². The van der Waals surface area contributed by atoms with Crippen molar-refractivity contribution in [3.8, 4) is 0 Å². The number of amides is 3. The Morgan fingerprint density at radius 1 is 1.00 bits per heavy atom. The molecule has 0 aromatic heterocycles. The fraction of sp³-hybridized carbons (Fsp3) is 0.727. The number of likely N-dealkylation sites (N-methyl/N-ethyl adjacent to an activating group) is 1. The molecule has 1 aliphatic heterocycles. The van der Waals surface area contributed by atoms with Crippen molar-refractivity contribution in [1.82, 2.24) is 26.2 Å². The van der Waals surface area contributed by atoms with Crippen molar-refractivity contribution in [2.45, 2.75) is 108 Å². The number of carbonyl (C=O) groups is 3. The zero-order valence-electron chi connectivity index (χ0n) is 27.2. The van der Waals surface area contributed by atoms with Gasteiger partial charge in [-0.2, -0.15) is 0 Å². The molecule has 1 aromatic rings. The summed E-state index contributed by atoms with van der Waals surface area (Å²) in [5.74, 6) is 0.883. The summed E-state index contributed by atoms with van der Waals surface area (Å²) in [7, 11) is 1.68. The van der Waals surface area contributed by atoms with E-state index in [0.29, 0.717) is 17.6 Å². The minimum atomic E-state index is -0.918. The number of benzene rings is 1. The summed E-state index contributed by atoms with van der Waals surface area (Å²) >= 11 is 1.57. The Balaban J connectivity index is 1.83. The van der Waals surface area contributed by atoms with Gasteiger partial charge in [-0.3, -0.25) is 19.3 Å². The van der Waals surface area contributed by atoms with E-state index in [1.807, 2.05) is 71.9 Å². The number of hydrogen-bond acceptors (Lipinski definition) is 7.